The molecule has 1 amide bonds. The van der Waals surface area contributed by atoms with Gasteiger partial charge in [0.05, 0.1) is 6.42 Å². The van der Waals surface area contributed by atoms with Crippen LogP contribution in [0.1, 0.15) is 35.2 Å². The van der Waals surface area contributed by atoms with Crippen molar-refractivity contribution in [2.75, 3.05) is 0 Å². The first-order valence-corrected chi connectivity index (χ1v) is 9.44. The molecule has 27 heavy (non-hydrogen) atoms. The summed E-state index contributed by atoms with van der Waals surface area (Å²) in [6.45, 7) is 1.63. The lowest BCUT2D eigenvalue weighted by molar-refractivity contribution is -0.122. The van der Waals surface area contributed by atoms with E-state index in [-0.39, 0.29) is 24.4 Å². The first-order valence-electron chi connectivity index (χ1n) is 9.44. The molecule has 0 spiro atoms. The maximum Gasteiger partial charge on any atom is 0.325 e. The Bertz CT molecular complexity index is 953. The molecule has 0 radical (unpaired) electrons. The van der Waals surface area contributed by atoms with Crippen molar-refractivity contribution in [3.63, 3.8) is 0 Å². The fourth-order valence-corrected chi connectivity index (χ4v) is 4.11. The van der Waals surface area contributed by atoms with Crippen LogP contribution in [0.2, 0.25) is 0 Å². The highest BCUT2D eigenvalue weighted by molar-refractivity contribution is 5.79. The first-order chi connectivity index (χ1) is 13.0. The molecule has 0 bridgehead atoms. The molecule has 1 fully saturated rings. The molecule has 2 aliphatic carbocycles. The summed E-state index contributed by atoms with van der Waals surface area (Å²) in [4.78, 5) is 40.2. The molecule has 4 N–H and O–H groups in total. The number of fused-ring (bicyclic) bond motifs is 1. The Hall–Kier alpha value is -2.67. The number of hydrogen-bond acceptors (Lipinski definition) is 4. The molecule has 1 aromatic carbocycles. The van der Waals surface area contributed by atoms with Crippen LogP contribution < -0.4 is 21.9 Å². The predicted octanol–water partition coefficient (Wildman–Crippen LogP) is 0.318. The van der Waals surface area contributed by atoms with E-state index in [4.69, 9.17) is 0 Å². The number of nitrogens with one attached hydrogen (secondary N) is 4. The number of aromatic nitrogens is 2. The number of hydrogen-bond donors (Lipinski definition) is 4. The highest BCUT2D eigenvalue weighted by atomic mass is 16.2. The summed E-state index contributed by atoms with van der Waals surface area (Å²) >= 11 is 0. The van der Waals surface area contributed by atoms with E-state index < -0.39 is 11.2 Å². The van der Waals surface area contributed by atoms with Gasteiger partial charge < -0.3 is 15.6 Å². The third-order valence-corrected chi connectivity index (χ3v) is 5.71. The Morgan fingerprint density at radius 2 is 1.74 bits per heavy atom. The highest BCUT2D eigenvalue weighted by Gasteiger charge is 2.35. The zero-order valence-electron chi connectivity index (χ0n) is 15.3. The molecule has 4 rings (SSSR count). The van der Waals surface area contributed by atoms with Crippen molar-refractivity contribution in [3.05, 3.63) is 67.5 Å². The second kappa shape index (κ2) is 7.15. The quantitative estimate of drug-likeness (QED) is 0.610. The van der Waals surface area contributed by atoms with Gasteiger partial charge in [0.2, 0.25) is 5.91 Å². The lowest BCUT2D eigenvalue weighted by Crippen LogP contribution is -2.59. The van der Waals surface area contributed by atoms with Crippen molar-refractivity contribution >= 4 is 5.91 Å². The van der Waals surface area contributed by atoms with E-state index in [1.54, 1.807) is 6.92 Å². The molecule has 2 aliphatic rings. The van der Waals surface area contributed by atoms with Gasteiger partial charge in [0, 0.05) is 29.4 Å². The van der Waals surface area contributed by atoms with Gasteiger partial charge in [-0.25, -0.2) is 4.79 Å². The van der Waals surface area contributed by atoms with Crippen molar-refractivity contribution < 1.29 is 4.79 Å². The molecular weight excluding hydrogens is 344 g/mol. The molecule has 1 saturated carbocycles. The number of aromatic amines is 2. The number of carbonyl (C=O) groups excluding carboxylic acids is 1. The van der Waals surface area contributed by atoms with Crippen molar-refractivity contribution in [2.45, 2.75) is 57.2 Å². The normalized spacial score (nSPS) is 21.5. The largest absolute Gasteiger partial charge is 0.352 e. The van der Waals surface area contributed by atoms with E-state index in [0.29, 0.717) is 17.3 Å². The van der Waals surface area contributed by atoms with Crippen molar-refractivity contribution in [3.8, 4) is 0 Å². The molecule has 7 nitrogen and oxygen atoms in total. The third kappa shape index (κ3) is 3.73. The minimum absolute atomic E-state index is 0.0317. The van der Waals surface area contributed by atoms with Crippen LogP contribution in [-0.2, 0) is 24.1 Å². The second-order valence-corrected chi connectivity index (χ2v) is 7.59. The van der Waals surface area contributed by atoms with Crippen LogP contribution in [0, 0.1) is 6.92 Å². The van der Waals surface area contributed by atoms with E-state index in [1.807, 2.05) is 0 Å². The highest BCUT2D eigenvalue weighted by Crippen LogP contribution is 2.26. The average molecular weight is 368 g/mol. The van der Waals surface area contributed by atoms with E-state index in [0.717, 1.165) is 25.7 Å². The summed E-state index contributed by atoms with van der Waals surface area (Å²) in [6, 6.07) is 9.28. The van der Waals surface area contributed by atoms with Crippen LogP contribution in [0.4, 0.5) is 0 Å². The number of H-pyrrole nitrogens is 2. The summed E-state index contributed by atoms with van der Waals surface area (Å²) in [7, 11) is 0. The van der Waals surface area contributed by atoms with Crippen LogP contribution in [0.5, 0.6) is 0 Å². The SMILES string of the molecule is Cc1[nH]c(=O)[nH]c(=O)c1CC(=O)N[C@H]1CC[C@H]1NC1Cc2ccccc2C1. The van der Waals surface area contributed by atoms with E-state index in [9.17, 15) is 14.4 Å². The number of amides is 1. The summed E-state index contributed by atoms with van der Waals surface area (Å²) in [5.41, 5.74) is 2.50. The maximum atomic E-state index is 12.4. The van der Waals surface area contributed by atoms with Gasteiger partial charge in [-0.1, -0.05) is 24.3 Å². The van der Waals surface area contributed by atoms with Gasteiger partial charge in [-0.15, -0.1) is 0 Å². The number of aryl methyl sites for hydroxylation is 1. The van der Waals surface area contributed by atoms with Gasteiger partial charge in [0.15, 0.2) is 0 Å². The Kier molecular flexibility index (Phi) is 4.70. The van der Waals surface area contributed by atoms with Gasteiger partial charge in [0.1, 0.15) is 0 Å². The Morgan fingerprint density at radius 3 is 2.33 bits per heavy atom. The monoisotopic (exact) mass is 368 g/mol. The van der Waals surface area contributed by atoms with Crippen molar-refractivity contribution in [1.29, 1.82) is 0 Å². The van der Waals surface area contributed by atoms with Gasteiger partial charge in [-0.2, -0.15) is 0 Å². The van der Waals surface area contributed by atoms with Gasteiger partial charge >= 0.3 is 5.69 Å². The molecule has 2 aromatic rings. The Labute approximate surface area is 156 Å². The summed E-state index contributed by atoms with van der Waals surface area (Å²) in [6.07, 6.45) is 3.99. The van der Waals surface area contributed by atoms with Crippen LogP contribution in [-0.4, -0.2) is 34.0 Å². The van der Waals surface area contributed by atoms with Crippen LogP contribution >= 0.6 is 0 Å². The average Bonchev–Trinajstić information content (AvgIpc) is 3.02. The maximum absolute atomic E-state index is 12.4. The molecule has 0 aliphatic heterocycles. The lowest BCUT2D eigenvalue weighted by Gasteiger charge is -2.39. The van der Waals surface area contributed by atoms with Crippen LogP contribution in [0.15, 0.2) is 33.9 Å². The number of rotatable bonds is 5. The minimum atomic E-state index is -0.553. The van der Waals surface area contributed by atoms with Crippen LogP contribution in [0.3, 0.4) is 0 Å². The smallest absolute Gasteiger partial charge is 0.325 e. The molecule has 1 aromatic heterocycles. The zero-order valence-corrected chi connectivity index (χ0v) is 15.3. The molecule has 7 heteroatoms. The predicted molar refractivity (Wildman–Crippen MR) is 102 cm³/mol. The minimum Gasteiger partial charge on any atom is -0.352 e. The molecule has 1 heterocycles. The topological polar surface area (TPSA) is 107 Å². The van der Waals surface area contributed by atoms with E-state index in [1.165, 1.54) is 11.1 Å². The second-order valence-electron chi connectivity index (χ2n) is 7.59. The zero-order chi connectivity index (χ0) is 19.0. The van der Waals surface area contributed by atoms with Crippen LogP contribution in [0.25, 0.3) is 0 Å². The van der Waals surface area contributed by atoms with Gasteiger partial charge in [-0.3, -0.25) is 14.6 Å². The standard InChI is InChI=1S/C20H24N4O3/c1-11-15(19(26)24-20(27)21-11)10-18(25)23-17-7-6-16(17)22-14-8-12-4-2-3-5-13(12)9-14/h2-5,14,16-17,22H,6-10H2,1H3,(H,23,25)(H2,21,24,26,27)/t16-,17+/m1/s1. The first kappa shape index (κ1) is 17.7. The fourth-order valence-electron chi connectivity index (χ4n) is 4.11. The summed E-state index contributed by atoms with van der Waals surface area (Å²) < 4.78 is 0. The summed E-state index contributed by atoms with van der Waals surface area (Å²) in [5, 5.41) is 6.71. The third-order valence-electron chi connectivity index (χ3n) is 5.71. The number of carbonyl (C=O) groups is 1. The molecule has 142 valence electrons. The molecular formula is C20H24N4O3. The van der Waals surface area contributed by atoms with E-state index >= 15 is 0 Å². The van der Waals surface area contributed by atoms with E-state index in [2.05, 4.69) is 44.9 Å². The van der Waals surface area contributed by atoms with Crippen molar-refractivity contribution in [1.82, 2.24) is 20.6 Å². The molecule has 2 atom stereocenters. The Morgan fingerprint density at radius 1 is 1.07 bits per heavy atom. The van der Waals surface area contributed by atoms with Gasteiger partial charge in [0.25, 0.3) is 5.56 Å². The fraction of sp³-hybridized carbons (Fsp3) is 0.450. The molecule has 0 saturated heterocycles. The number of benzene rings is 1. The van der Waals surface area contributed by atoms with Gasteiger partial charge in [-0.05, 0) is 43.7 Å². The van der Waals surface area contributed by atoms with Crippen molar-refractivity contribution in [2.24, 2.45) is 0 Å². The Balaban J connectivity index is 1.32. The molecule has 0 unspecified atom stereocenters. The lowest BCUT2D eigenvalue weighted by atomic mass is 9.85. The summed E-state index contributed by atoms with van der Waals surface area (Å²) in [5.74, 6) is -0.193.